The fourth-order valence-corrected chi connectivity index (χ4v) is 2.17. The molecule has 0 saturated heterocycles. The van der Waals surface area contributed by atoms with Gasteiger partial charge >= 0.3 is 0 Å². The van der Waals surface area contributed by atoms with Crippen molar-refractivity contribution in [2.24, 2.45) is 0 Å². The monoisotopic (exact) mass is 311 g/mol. The van der Waals surface area contributed by atoms with Crippen LogP contribution >= 0.6 is 23.2 Å². The third kappa shape index (κ3) is 3.99. The van der Waals surface area contributed by atoms with Crippen LogP contribution in [0.2, 0.25) is 10.0 Å². The van der Waals surface area contributed by atoms with Crippen molar-refractivity contribution in [1.82, 2.24) is 10.2 Å². The fourth-order valence-electron chi connectivity index (χ4n) is 1.85. The summed E-state index contributed by atoms with van der Waals surface area (Å²) >= 11 is 11.7. The number of aromatic amines is 1. The summed E-state index contributed by atoms with van der Waals surface area (Å²) in [5.74, 6) is 0.399. The molecular formula is C14H15Cl2N3O. The van der Waals surface area contributed by atoms with Gasteiger partial charge in [-0.05, 0) is 24.1 Å². The number of benzene rings is 1. The highest BCUT2D eigenvalue weighted by Crippen LogP contribution is 2.22. The molecule has 0 aliphatic carbocycles. The second-order valence-corrected chi connectivity index (χ2v) is 5.32. The van der Waals surface area contributed by atoms with Crippen LogP contribution in [-0.4, -0.2) is 16.1 Å². The van der Waals surface area contributed by atoms with Gasteiger partial charge < -0.3 is 5.32 Å². The Hall–Kier alpha value is -1.52. The molecule has 0 saturated carbocycles. The quantitative estimate of drug-likeness (QED) is 0.881. The SMILES string of the molecule is CCCc1cc(NC(=O)Cc2ccc(Cl)c(Cl)c2)n[nH]1. The number of rotatable bonds is 5. The van der Waals surface area contributed by atoms with E-state index >= 15 is 0 Å². The van der Waals surface area contributed by atoms with Gasteiger partial charge in [-0.2, -0.15) is 5.10 Å². The van der Waals surface area contributed by atoms with Crippen LogP contribution in [0.1, 0.15) is 24.6 Å². The summed E-state index contributed by atoms with van der Waals surface area (Å²) in [6, 6.07) is 6.99. The number of aryl methyl sites for hydroxylation is 1. The molecule has 0 atom stereocenters. The summed E-state index contributed by atoms with van der Waals surface area (Å²) in [5.41, 5.74) is 1.82. The number of carbonyl (C=O) groups excluding carboxylic acids is 1. The van der Waals surface area contributed by atoms with Crippen molar-refractivity contribution in [3.8, 4) is 0 Å². The third-order valence-electron chi connectivity index (χ3n) is 2.77. The second kappa shape index (κ2) is 6.77. The molecule has 0 aliphatic rings. The predicted octanol–water partition coefficient (Wildman–Crippen LogP) is 3.85. The number of nitrogens with zero attached hydrogens (tertiary/aromatic N) is 1. The van der Waals surface area contributed by atoms with Gasteiger partial charge in [0.2, 0.25) is 5.91 Å². The molecule has 0 unspecified atom stereocenters. The summed E-state index contributed by atoms with van der Waals surface area (Å²) in [4.78, 5) is 11.9. The largest absolute Gasteiger partial charge is 0.309 e. The molecule has 1 amide bonds. The molecule has 2 rings (SSSR count). The lowest BCUT2D eigenvalue weighted by molar-refractivity contribution is -0.115. The molecule has 6 heteroatoms. The standard InChI is InChI=1S/C14H15Cl2N3O/c1-2-3-10-8-13(19-18-10)17-14(20)7-9-4-5-11(15)12(16)6-9/h4-6,8H,2-3,7H2,1H3,(H2,17,18,19,20). The van der Waals surface area contributed by atoms with E-state index in [4.69, 9.17) is 23.2 Å². The molecule has 1 aromatic carbocycles. The number of hydrogen-bond acceptors (Lipinski definition) is 2. The summed E-state index contributed by atoms with van der Waals surface area (Å²) in [7, 11) is 0. The van der Waals surface area contributed by atoms with E-state index in [1.54, 1.807) is 18.2 Å². The van der Waals surface area contributed by atoms with Crippen molar-refractivity contribution >= 4 is 34.9 Å². The minimum Gasteiger partial charge on any atom is -0.309 e. The van der Waals surface area contributed by atoms with E-state index in [-0.39, 0.29) is 12.3 Å². The maximum atomic E-state index is 11.9. The molecule has 106 valence electrons. The van der Waals surface area contributed by atoms with E-state index in [2.05, 4.69) is 22.4 Å². The zero-order valence-corrected chi connectivity index (χ0v) is 12.6. The molecule has 1 aromatic heterocycles. The zero-order valence-electron chi connectivity index (χ0n) is 11.0. The molecule has 2 N–H and O–H groups in total. The molecule has 0 bridgehead atoms. The second-order valence-electron chi connectivity index (χ2n) is 4.50. The number of hydrogen-bond donors (Lipinski definition) is 2. The van der Waals surface area contributed by atoms with Crippen molar-refractivity contribution < 1.29 is 4.79 Å². The first-order valence-electron chi connectivity index (χ1n) is 6.36. The Labute approximate surface area is 127 Å². The molecule has 1 heterocycles. The molecule has 2 aromatic rings. The topological polar surface area (TPSA) is 57.8 Å². The molecule has 4 nitrogen and oxygen atoms in total. The summed E-state index contributed by atoms with van der Waals surface area (Å²) in [5, 5.41) is 10.6. The molecule has 0 radical (unpaired) electrons. The molecule has 0 spiro atoms. The first-order valence-corrected chi connectivity index (χ1v) is 7.12. The lowest BCUT2D eigenvalue weighted by Gasteiger charge is -2.03. The van der Waals surface area contributed by atoms with Gasteiger partial charge in [-0.3, -0.25) is 9.89 Å². The van der Waals surface area contributed by atoms with Crippen molar-refractivity contribution in [2.75, 3.05) is 5.32 Å². The van der Waals surface area contributed by atoms with Crippen molar-refractivity contribution in [2.45, 2.75) is 26.2 Å². The fraction of sp³-hybridized carbons (Fsp3) is 0.286. The van der Waals surface area contributed by atoms with Crippen LogP contribution in [0, 0.1) is 0 Å². The van der Waals surface area contributed by atoms with Gasteiger partial charge in [0.15, 0.2) is 5.82 Å². The van der Waals surface area contributed by atoms with E-state index in [0.29, 0.717) is 15.9 Å². The highest BCUT2D eigenvalue weighted by molar-refractivity contribution is 6.42. The van der Waals surface area contributed by atoms with Crippen molar-refractivity contribution in [1.29, 1.82) is 0 Å². The number of aromatic nitrogens is 2. The van der Waals surface area contributed by atoms with E-state index in [1.807, 2.05) is 6.07 Å². The van der Waals surface area contributed by atoms with Gasteiger partial charge in [0.05, 0.1) is 16.5 Å². The van der Waals surface area contributed by atoms with Gasteiger partial charge in [0.25, 0.3) is 0 Å². The molecule has 20 heavy (non-hydrogen) atoms. The summed E-state index contributed by atoms with van der Waals surface area (Å²) in [6.45, 7) is 2.09. The Morgan fingerprint density at radius 3 is 2.80 bits per heavy atom. The maximum absolute atomic E-state index is 11.9. The van der Waals surface area contributed by atoms with E-state index in [0.717, 1.165) is 24.1 Å². The Morgan fingerprint density at radius 1 is 1.30 bits per heavy atom. The van der Waals surface area contributed by atoms with Crippen LogP contribution in [0.25, 0.3) is 0 Å². The Bertz CT molecular complexity index is 610. The van der Waals surface area contributed by atoms with E-state index in [1.165, 1.54) is 0 Å². The number of halogens is 2. The smallest absolute Gasteiger partial charge is 0.229 e. The van der Waals surface area contributed by atoms with Crippen LogP contribution in [0.5, 0.6) is 0 Å². The highest BCUT2D eigenvalue weighted by Gasteiger charge is 2.08. The number of H-pyrrole nitrogens is 1. The zero-order chi connectivity index (χ0) is 14.5. The predicted molar refractivity (Wildman–Crippen MR) is 81.4 cm³/mol. The summed E-state index contributed by atoms with van der Waals surface area (Å²) in [6.07, 6.45) is 2.17. The van der Waals surface area contributed by atoms with Crippen molar-refractivity contribution in [3.05, 3.63) is 45.6 Å². The van der Waals surface area contributed by atoms with Gasteiger partial charge in [-0.15, -0.1) is 0 Å². The van der Waals surface area contributed by atoms with E-state index in [9.17, 15) is 4.79 Å². The van der Waals surface area contributed by atoms with Crippen LogP contribution in [0.3, 0.4) is 0 Å². The van der Waals surface area contributed by atoms with E-state index < -0.39 is 0 Å². The minimum absolute atomic E-state index is 0.141. The van der Waals surface area contributed by atoms with Gasteiger partial charge in [-0.1, -0.05) is 42.6 Å². The molecular weight excluding hydrogens is 297 g/mol. The van der Waals surface area contributed by atoms with Gasteiger partial charge in [-0.25, -0.2) is 0 Å². The lowest BCUT2D eigenvalue weighted by Crippen LogP contribution is -2.14. The van der Waals surface area contributed by atoms with Crippen LogP contribution in [0.15, 0.2) is 24.3 Å². The Balaban J connectivity index is 1.95. The van der Waals surface area contributed by atoms with Crippen LogP contribution in [-0.2, 0) is 17.6 Å². The first kappa shape index (κ1) is 14.9. The average molecular weight is 312 g/mol. The van der Waals surface area contributed by atoms with Crippen molar-refractivity contribution in [3.63, 3.8) is 0 Å². The normalized spacial score (nSPS) is 10.6. The van der Waals surface area contributed by atoms with Crippen LogP contribution < -0.4 is 5.32 Å². The number of amides is 1. The highest BCUT2D eigenvalue weighted by atomic mass is 35.5. The van der Waals surface area contributed by atoms with Gasteiger partial charge in [0, 0.05) is 11.8 Å². The minimum atomic E-state index is -0.141. The first-order chi connectivity index (χ1) is 9.58. The third-order valence-corrected chi connectivity index (χ3v) is 3.51. The average Bonchev–Trinajstić information content (AvgIpc) is 2.81. The number of anilines is 1. The van der Waals surface area contributed by atoms with Gasteiger partial charge in [0.1, 0.15) is 0 Å². The number of nitrogens with one attached hydrogen (secondary N) is 2. The Kier molecular flexibility index (Phi) is 5.04. The molecule has 0 aliphatic heterocycles. The molecule has 0 fully saturated rings. The lowest BCUT2D eigenvalue weighted by atomic mass is 10.1. The maximum Gasteiger partial charge on any atom is 0.229 e. The Morgan fingerprint density at radius 2 is 2.10 bits per heavy atom. The number of carbonyl (C=O) groups is 1. The summed E-state index contributed by atoms with van der Waals surface area (Å²) < 4.78 is 0. The van der Waals surface area contributed by atoms with Crippen LogP contribution in [0.4, 0.5) is 5.82 Å².